The zero-order valence-corrected chi connectivity index (χ0v) is 8.75. The normalized spacial score (nSPS) is 10.7. The third-order valence-electron chi connectivity index (χ3n) is 2.11. The smallest absolute Gasteiger partial charge is 0.105 e. The van der Waals surface area contributed by atoms with Crippen LogP contribution in [0, 0.1) is 6.92 Å². The highest BCUT2D eigenvalue weighted by Crippen LogP contribution is 2.05. The zero-order valence-electron chi connectivity index (χ0n) is 8.75. The summed E-state index contributed by atoms with van der Waals surface area (Å²) in [7, 11) is 0. The predicted molar refractivity (Wildman–Crippen MR) is 56.3 cm³/mol. The minimum atomic E-state index is 0.291. The molecule has 2 N–H and O–H groups in total. The van der Waals surface area contributed by atoms with E-state index in [9.17, 15) is 0 Å². The Morgan fingerprint density at radius 3 is 2.79 bits per heavy atom. The van der Waals surface area contributed by atoms with Gasteiger partial charge in [0, 0.05) is 19.6 Å². The van der Waals surface area contributed by atoms with Gasteiger partial charge in [0.25, 0.3) is 0 Å². The molecule has 1 aromatic heterocycles. The lowest BCUT2D eigenvalue weighted by Crippen LogP contribution is -2.18. The molecule has 0 aliphatic heterocycles. The second-order valence-corrected chi connectivity index (χ2v) is 3.44. The van der Waals surface area contributed by atoms with Gasteiger partial charge in [0.2, 0.25) is 0 Å². The maximum Gasteiger partial charge on any atom is 0.105 e. The number of nitrogens with one attached hydrogen (secondary N) is 1. The van der Waals surface area contributed by atoms with Crippen molar-refractivity contribution in [3.63, 3.8) is 0 Å². The Morgan fingerprint density at radius 1 is 1.29 bits per heavy atom. The maximum absolute atomic E-state index is 8.56. The van der Waals surface area contributed by atoms with E-state index in [0.29, 0.717) is 6.61 Å². The number of aliphatic hydroxyl groups is 1. The van der Waals surface area contributed by atoms with Crippen LogP contribution in [0.3, 0.4) is 0 Å². The van der Waals surface area contributed by atoms with E-state index in [2.05, 4.69) is 5.32 Å². The van der Waals surface area contributed by atoms with Gasteiger partial charge in [0.1, 0.15) is 11.5 Å². The van der Waals surface area contributed by atoms with Gasteiger partial charge in [-0.2, -0.15) is 0 Å². The van der Waals surface area contributed by atoms with Crippen LogP contribution >= 0.6 is 0 Å². The molecule has 0 spiro atoms. The van der Waals surface area contributed by atoms with Crippen LogP contribution in [0.4, 0.5) is 0 Å². The van der Waals surface area contributed by atoms with Gasteiger partial charge in [0.05, 0.1) is 0 Å². The second kappa shape index (κ2) is 6.62. The van der Waals surface area contributed by atoms with Crippen molar-refractivity contribution in [3.05, 3.63) is 23.7 Å². The van der Waals surface area contributed by atoms with E-state index in [0.717, 1.165) is 43.9 Å². The van der Waals surface area contributed by atoms with Crippen molar-refractivity contribution in [2.75, 3.05) is 19.7 Å². The molecule has 0 fully saturated rings. The fraction of sp³-hybridized carbons (Fsp3) is 0.636. The number of hydrogen-bond donors (Lipinski definition) is 2. The van der Waals surface area contributed by atoms with Gasteiger partial charge in [-0.1, -0.05) is 0 Å². The molecule has 80 valence electrons. The van der Waals surface area contributed by atoms with Crippen LogP contribution < -0.4 is 5.32 Å². The fourth-order valence-corrected chi connectivity index (χ4v) is 1.32. The average molecular weight is 197 g/mol. The lowest BCUT2D eigenvalue weighted by atomic mass is 10.3. The Hall–Kier alpha value is -0.800. The van der Waals surface area contributed by atoms with Crippen LogP contribution in [0.15, 0.2) is 16.5 Å². The monoisotopic (exact) mass is 197 g/mol. The lowest BCUT2D eigenvalue weighted by molar-refractivity contribution is 0.283. The summed E-state index contributed by atoms with van der Waals surface area (Å²) in [4.78, 5) is 0. The van der Waals surface area contributed by atoms with Crippen LogP contribution in [0.25, 0.3) is 0 Å². The molecule has 0 unspecified atom stereocenters. The van der Waals surface area contributed by atoms with E-state index in [1.807, 2.05) is 19.1 Å². The molecule has 3 nitrogen and oxygen atoms in total. The Balaban J connectivity index is 1.99. The Labute approximate surface area is 85.1 Å². The number of rotatable bonds is 7. The number of aliphatic hydroxyl groups excluding tert-OH is 1. The minimum Gasteiger partial charge on any atom is -0.466 e. The van der Waals surface area contributed by atoms with E-state index >= 15 is 0 Å². The maximum atomic E-state index is 8.56. The number of aryl methyl sites for hydroxylation is 1. The van der Waals surface area contributed by atoms with Gasteiger partial charge in [-0.25, -0.2) is 0 Å². The molecule has 1 rings (SSSR count). The molecule has 14 heavy (non-hydrogen) atoms. The summed E-state index contributed by atoms with van der Waals surface area (Å²) in [6.07, 6.45) is 2.85. The van der Waals surface area contributed by atoms with Crippen molar-refractivity contribution in [3.8, 4) is 0 Å². The first-order valence-corrected chi connectivity index (χ1v) is 5.20. The molecule has 1 aromatic rings. The summed E-state index contributed by atoms with van der Waals surface area (Å²) < 4.78 is 5.43. The number of hydrogen-bond acceptors (Lipinski definition) is 3. The molecule has 0 saturated carbocycles. The lowest BCUT2D eigenvalue weighted by Gasteiger charge is -2.01. The Kier molecular flexibility index (Phi) is 5.33. The van der Waals surface area contributed by atoms with Gasteiger partial charge < -0.3 is 14.8 Å². The van der Waals surface area contributed by atoms with E-state index < -0.39 is 0 Å². The largest absolute Gasteiger partial charge is 0.466 e. The quantitative estimate of drug-likeness (QED) is 0.651. The van der Waals surface area contributed by atoms with Gasteiger partial charge >= 0.3 is 0 Å². The third kappa shape index (κ3) is 4.44. The van der Waals surface area contributed by atoms with E-state index in [1.54, 1.807) is 0 Å². The number of furan rings is 1. The highest BCUT2D eigenvalue weighted by Gasteiger charge is 1.97. The summed E-state index contributed by atoms with van der Waals surface area (Å²) in [5.74, 6) is 2.01. The molecule has 0 aliphatic rings. The van der Waals surface area contributed by atoms with Crippen molar-refractivity contribution in [2.24, 2.45) is 0 Å². The van der Waals surface area contributed by atoms with Gasteiger partial charge in [-0.15, -0.1) is 0 Å². The molecule has 0 aliphatic carbocycles. The van der Waals surface area contributed by atoms with Gasteiger partial charge in [-0.3, -0.25) is 0 Å². The summed E-state index contributed by atoms with van der Waals surface area (Å²) in [5.41, 5.74) is 0. The van der Waals surface area contributed by atoms with Crippen LogP contribution in [0.2, 0.25) is 0 Å². The summed E-state index contributed by atoms with van der Waals surface area (Å²) in [6.45, 7) is 4.16. The van der Waals surface area contributed by atoms with E-state index in [1.165, 1.54) is 0 Å². The van der Waals surface area contributed by atoms with Crippen LogP contribution in [-0.2, 0) is 6.42 Å². The van der Waals surface area contributed by atoms with Crippen LogP contribution in [-0.4, -0.2) is 24.8 Å². The molecule has 0 atom stereocenters. The third-order valence-corrected chi connectivity index (χ3v) is 2.11. The Morgan fingerprint density at radius 2 is 2.14 bits per heavy atom. The molecule has 0 bridgehead atoms. The molecule has 0 saturated heterocycles. The first-order valence-electron chi connectivity index (χ1n) is 5.20. The van der Waals surface area contributed by atoms with Crippen molar-refractivity contribution in [1.82, 2.24) is 5.32 Å². The van der Waals surface area contributed by atoms with E-state index in [-0.39, 0.29) is 0 Å². The highest BCUT2D eigenvalue weighted by atomic mass is 16.3. The molecule has 1 heterocycles. The SMILES string of the molecule is Cc1ccc(CCNCCCCO)o1. The highest BCUT2D eigenvalue weighted by molar-refractivity contribution is 5.05. The summed E-state index contributed by atoms with van der Waals surface area (Å²) in [6, 6.07) is 4.01. The van der Waals surface area contributed by atoms with Crippen molar-refractivity contribution in [1.29, 1.82) is 0 Å². The van der Waals surface area contributed by atoms with Crippen molar-refractivity contribution >= 4 is 0 Å². The summed E-state index contributed by atoms with van der Waals surface area (Å²) in [5, 5.41) is 11.9. The van der Waals surface area contributed by atoms with Crippen LogP contribution in [0.1, 0.15) is 24.4 Å². The standard InChI is InChI=1S/C11H19NO2/c1-10-4-5-11(14-10)6-8-12-7-2-3-9-13/h4-5,12-13H,2-3,6-9H2,1H3. The fourth-order valence-electron chi connectivity index (χ4n) is 1.32. The predicted octanol–water partition coefficient (Wildman–Crippen LogP) is 1.49. The average Bonchev–Trinajstić information content (AvgIpc) is 2.58. The number of unbranched alkanes of at least 4 members (excludes halogenated alkanes) is 1. The molecule has 0 radical (unpaired) electrons. The molecular weight excluding hydrogens is 178 g/mol. The van der Waals surface area contributed by atoms with Gasteiger partial charge in [0.15, 0.2) is 0 Å². The topological polar surface area (TPSA) is 45.4 Å². The van der Waals surface area contributed by atoms with Crippen molar-refractivity contribution in [2.45, 2.75) is 26.2 Å². The summed E-state index contributed by atoms with van der Waals surface area (Å²) >= 11 is 0. The van der Waals surface area contributed by atoms with Crippen LogP contribution in [0.5, 0.6) is 0 Å². The van der Waals surface area contributed by atoms with Gasteiger partial charge in [-0.05, 0) is 38.4 Å². The molecule has 3 heteroatoms. The second-order valence-electron chi connectivity index (χ2n) is 3.44. The molecule has 0 aromatic carbocycles. The first-order chi connectivity index (χ1) is 6.83. The van der Waals surface area contributed by atoms with Crippen molar-refractivity contribution < 1.29 is 9.52 Å². The Bertz CT molecular complexity index is 245. The zero-order chi connectivity index (χ0) is 10.2. The first kappa shape index (κ1) is 11.3. The van der Waals surface area contributed by atoms with E-state index in [4.69, 9.17) is 9.52 Å². The molecule has 0 amide bonds. The minimum absolute atomic E-state index is 0.291. The molecular formula is C11H19NO2.